The number of hydrogen-bond acceptors (Lipinski definition) is 5. The van der Waals surface area contributed by atoms with Crippen LogP contribution in [0.4, 0.5) is 0 Å². The van der Waals surface area contributed by atoms with E-state index in [0.29, 0.717) is 17.2 Å². The highest BCUT2D eigenvalue weighted by molar-refractivity contribution is 5.97. The van der Waals surface area contributed by atoms with E-state index in [4.69, 9.17) is 15.0 Å². The van der Waals surface area contributed by atoms with E-state index in [1.807, 2.05) is 36.5 Å². The summed E-state index contributed by atoms with van der Waals surface area (Å²) >= 11 is 0. The van der Waals surface area contributed by atoms with E-state index in [1.54, 1.807) is 0 Å². The molecule has 2 aromatic heterocycles. The van der Waals surface area contributed by atoms with Crippen LogP contribution >= 0.6 is 0 Å². The van der Waals surface area contributed by atoms with E-state index in [9.17, 15) is 10.3 Å². The van der Waals surface area contributed by atoms with E-state index < -0.39 is 5.54 Å². The number of benzene rings is 2. The summed E-state index contributed by atoms with van der Waals surface area (Å²) in [5.41, 5.74) is 16.3. The lowest BCUT2D eigenvalue weighted by Gasteiger charge is -2.43. The molecule has 1 spiro atoms. The van der Waals surface area contributed by atoms with Gasteiger partial charge in [-0.05, 0) is 90.3 Å². The third-order valence-electron chi connectivity index (χ3n) is 10.2. The Morgan fingerprint density at radius 3 is 2.58 bits per heavy atom. The Kier molecular flexibility index (Phi) is 4.23. The summed E-state index contributed by atoms with van der Waals surface area (Å²) in [4.78, 5) is 33.0. The van der Waals surface area contributed by atoms with Gasteiger partial charge in [0.1, 0.15) is 17.2 Å². The van der Waals surface area contributed by atoms with Crippen LogP contribution in [0.2, 0.25) is 0 Å². The smallest absolute Gasteiger partial charge is 0.254 e. The SMILES string of the molecule is CN1C(=O)c2cccc(C3CC3)c2[C@H]2C[C@@H]1c1nc3ccc(-c4cnc(C5(N=[N+]=[N-])CC6(CC6)C5)nc4)cc3n12. The van der Waals surface area contributed by atoms with Gasteiger partial charge in [0.05, 0.1) is 23.1 Å². The van der Waals surface area contributed by atoms with Gasteiger partial charge in [0, 0.05) is 41.9 Å². The zero-order valence-corrected chi connectivity index (χ0v) is 22.3. The Bertz CT molecular complexity index is 1800. The van der Waals surface area contributed by atoms with E-state index in [2.05, 4.69) is 38.9 Å². The zero-order valence-electron chi connectivity index (χ0n) is 22.3. The molecule has 2 aliphatic heterocycles. The van der Waals surface area contributed by atoms with Gasteiger partial charge in [-0.25, -0.2) is 15.0 Å². The second-order valence-corrected chi connectivity index (χ2v) is 12.7. The first kappa shape index (κ1) is 22.6. The normalized spacial score (nSPS) is 24.7. The fraction of sp³-hybridized carbons (Fsp3) is 0.419. The first-order valence-corrected chi connectivity index (χ1v) is 14.3. The van der Waals surface area contributed by atoms with E-state index in [-0.39, 0.29) is 18.0 Å². The highest BCUT2D eigenvalue weighted by Crippen LogP contribution is 2.69. The fourth-order valence-corrected chi connectivity index (χ4v) is 7.87. The second-order valence-electron chi connectivity index (χ2n) is 12.7. The third kappa shape index (κ3) is 2.96. The fourth-order valence-electron chi connectivity index (χ4n) is 7.87. The molecule has 198 valence electrons. The van der Waals surface area contributed by atoms with Crippen LogP contribution in [0.25, 0.3) is 32.6 Å². The number of hydrogen-bond donors (Lipinski definition) is 0. The molecule has 0 radical (unpaired) electrons. The predicted octanol–water partition coefficient (Wildman–Crippen LogP) is 6.57. The number of fused-ring (bicyclic) bond motifs is 9. The van der Waals surface area contributed by atoms with Crippen LogP contribution in [0, 0.1) is 5.41 Å². The molecule has 1 amide bonds. The average molecular weight is 529 g/mol. The molecule has 3 fully saturated rings. The Morgan fingerprint density at radius 2 is 1.85 bits per heavy atom. The first-order chi connectivity index (χ1) is 19.5. The van der Waals surface area contributed by atoms with Crippen LogP contribution in [0.3, 0.4) is 0 Å². The minimum atomic E-state index is -0.605. The van der Waals surface area contributed by atoms with Crippen molar-refractivity contribution in [2.24, 2.45) is 10.5 Å². The largest absolute Gasteiger partial charge is 0.331 e. The van der Waals surface area contributed by atoms with Gasteiger partial charge in [-0.15, -0.1) is 0 Å². The summed E-state index contributed by atoms with van der Waals surface area (Å²) in [7, 11) is 1.92. The summed E-state index contributed by atoms with van der Waals surface area (Å²) in [6.07, 6.45) is 11.1. The molecule has 9 nitrogen and oxygen atoms in total. The van der Waals surface area contributed by atoms with Gasteiger partial charge >= 0.3 is 0 Å². The average Bonchev–Trinajstić information content (AvgIpc) is 3.88. The maximum Gasteiger partial charge on any atom is 0.254 e. The monoisotopic (exact) mass is 528 g/mol. The first-order valence-electron chi connectivity index (χ1n) is 14.3. The van der Waals surface area contributed by atoms with Crippen molar-refractivity contribution in [2.45, 2.75) is 68.5 Å². The number of carbonyl (C=O) groups is 1. The van der Waals surface area contributed by atoms with Crippen molar-refractivity contribution in [3.05, 3.63) is 87.6 Å². The standard InChI is InChI=1S/C31H28N8O/c1-38-25-12-24(26-20(17-5-6-17)3-2-4-21(26)28(38)40)39-23-11-18(7-8-22(23)35-27(25)39)19-13-33-29(34-14-19)31(36-37-32)15-30(16-31)9-10-30/h2-4,7-8,11,13-14,17,24-25H,5-6,9-10,12,15-16H2,1H3/t24-,25-/m1/s1. The van der Waals surface area contributed by atoms with Gasteiger partial charge < -0.3 is 9.47 Å². The van der Waals surface area contributed by atoms with Crippen molar-refractivity contribution < 1.29 is 4.79 Å². The van der Waals surface area contributed by atoms with Gasteiger partial charge in [-0.1, -0.05) is 23.3 Å². The molecule has 3 aliphatic carbocycles. The second kappa shape index (κ2) is 7.49. The van der Waals surface area contributed by atoms with Crippen molar-refractivity contribution in [3.63, 3.8) is 0 Å². The van der Waals surface area contributed by atoms with E-state index >= 15 is 0 Å². The van der Waals surface area contributed by atoms with Crippen LogP contribution in [-0.4, -0.2) is 37.4 Å². The zero-order chi connectivity index (χ0) is 26.8. The lowest BCUT2D eigenvalue weighted by atomic mass is 9.65. The summed E-state index contributed by atoms with van der Waals surface area (Å²) in [6, 6.07) is 12.6. The van der Waals surface area contributed by atoms with Crippen LogP contribution in [0.1, 0.15) is 96.1 Å². The number of aromatic nitrogens is 4. The molecule has 9 heteroatoms. The molecule has 5 aliphatic rings. The van der Waals surface area contributed by atoms with Crippen molar-refractivity contribution in [1.29, 1.82) is 0 Å². The molecule has 40 heavy (non-hydrogen) atoms. The third-order valence-corrected chi connectivity index (χ3v) is 10.2. The van der Waals surface area contributed by atoms with Crippen LogP contribution in [-0.2, 0) is 5.54 Å². The van der Waals surface area contributed by atoms with E-state index in [1.165, 1.54) is 36.8 Å². The Hall–Kier alpha value is -4.23. The van der Waals surface area contributed by atoms with Crippen molar-refractivity contribution >= 4 is 16.9 Å². The number of carbonyl (C=O) groups excluding carboxylic acids is 1. The summed E-state index contributed by atoms with van der Waals surface area (Å²) in [5, 5.41) is 4.15. The molecule has 4 heterocycles. The molecule has 2 atom stereocenters. The van der Waals surface area contributed by atoms with Crippen LogP contribution in [0.15, 0.2) is 53.9 Å². The lowest BCUT2D eigenvalue weighted by molar-refractivity contribution is 0.0734. The van der Waals surface area contributed by atoms with Crippen LogP contribution in [0.5, 0.6) is 0 Å². The molecule has 0 unspecified atom stereocenters. The number of azide groups is 1. The van der Waals surface area contributed by atoms with Gasteiger partial charge in [0.15, 0.2) is 0 Å². The lowest BCUT2D eigenvalue weighted by Crippen LogP contribution is -2.42. The maximum absolute atomic E-state index is 13.5. The molecule has 0 N–H and O–H groups in total. The van der Waals surface area contributed by atoms with E-state index in [0.717, 1.165) is 52.8 Å². The van der Waals surface area contributed by atoms with Gasteiger partial charge in [-0.2, -0.15) is 0 Å². The topological polar surface area (TPSA) is 113 Å². The molecule has 9 rings (SSSR count). The van der Waals surface area contributed by atoms with Gasteiger partial charge in [0.2, 0.25) is 0 Å². The molecular formula is C31H28N8O. The number of imidazole rings is 1. The number of nitrogens with zero attached hydrogens (tertiary/aromatic N) is 8. The predicted molar refractivity (Wildman–Crippen MR) is 148 cm³/mol. The van der Waals surface area contributed by atoms with Crippen molar-refractivity contribution in [3.8, 4) is 11.1 Å². The number of rotatable bonds is 4. The molecule has 2 aromatic carbocycles. The highest BCUT2D eigenvalue weighted by atomic mass is 16.2. The summed E-state index contributed by atoms with van der Waals surface area (Å²) in [5.74, 6) is 2.23. The highest BCUT2D eigenvalue weighted by Gasteiger charge is 2.62. The summed E-state index contributed by atoms with van der Waals surface area (Å²) in [6.45, 7) is 0. The van der Waals surface area contributed by atoms with Crippen LogP contribution < -0.4 is 0 Å². The quantitative estimate of drug-likeness (QED) is 0.169. The molecule has 4 aromatic rings. The van der Waals surface area contributed by atoms with Crippen molar-refractivity contribution in [2.75, 3.05) is 7.05 Å². The Balaban J connectivity index is 1.14. The van der Waals surface area contributed by atoms with Gasteiger partial charge in [-0.3, -0.25) is 4.79 Å². The minimum Gasteiger partial charge on any atom is -0.331 e. The minimum absolute atomic E-state index is 0.0514. The van der Waals surface area contributed by atoms with Gasteiger partial charge in [0.25, 0.3) is 5.91 Å². The Labute approximate surface area is 230 Å². The molecule has 0 saturated heterocycles. The maximum atomic E-state index is 13.5. The molecule has 2 bridgehead atoms. The molecular weight excluding hydrogens is 500 g/mol. The Morgan fingerprint density at radius 1 is 1.05 bits per heavy atom. The number of amides is 1. The summed E-state index contributed by atoms with van der Waals surface area (Å²) < 4.78 is 2.38. The van der Waals surface area contributed by atoms with Crippen molar-refractivity contribution in [1.82, 2.24) is 24.4 Å². The molecule has 3 saturated carbocycles.